The minimum Gasteiger partial charge on any atom is -0.345 e. The molecule has 3 rings (SSSR count). The second-order valence-corrected chi connectivity index (χ2v) is 10.1. The summed E-state index contributed by atoms with van der Waals surface area (Å²) in [5, 5.41) is 12.0. The summed E-state index contributed by atoms with van der Waals surface area (Å²) in [6.45, 7) is 8.65. The minimum atomic E-state index is -0.865. The Balaban J connectivity index is 1.83. The van der Waals surface area contributed by atoms with Crippen molar-refractivity contribution < 1.29 is 14.4 Å². The van der Waals surface area contributed by atoms with Crippen LogP contribution in [0.4, 0.5) is 0 Å². The third-order valence-electron chi connectivity index (χ3n) is 6.82. The van der Waals surface area contributed by atoms with Crippen LogP contribution in [0.5, 0.6) is 0 Å². The maximum Gasteiger partial charge on any atom is 0.251 e. The standard InChI is InChI=1S/C31H37N5O3/c1-5-6-10-26-28(24-13-11-23(20-32)12-14-24)29(36(31(26)39)19-15-22(2)3)30(38)34-21-27(37)35(4)18-16-25-9-7-8-17-33-25/h5,7-9,11-14,17,22,29H,1,6,10,15-16,18-19,21H2,2-4H3,(H,34,38). The predicted octanol–water partition coefficient (Wildman–Crippen LogP) is 3.75. The summed E-state index contributed by atoms with van der Waals surface area (Å²) in [5.41, 5.74) is 3.29. The molecular formula is C31H37N5O3. The second-order valence-electron chi connectivity index (χ2n) is 10.1. The molecule has 1 aromatic heterocycles. The smallest absolute Gasteiger partial charge is 0.251 e. The molecule has 1 aliphatic rings. The Labute approximate surface area is 231 Å². The molecule has 8 nitrogen and oxygen atoms in total. The van der Waals surface area contributed by atoms with Gasteiger partial charge in [-0.2, -0.15) is 5.26 Å². The Morgan fingerprint density at radius 1 is 1.21 bits per heavy atom. The highest BCUT2D eigenvalue weighted by Gasteiger charge is 2.43. The van der Waals surface area contributed by atoms with E-state index in [2.05, 4.69) is 36.8 Å². The van der Waals surface area contributed by atoms with E-state index in [1.807, 2.05) is 18.2 Å². The maximum absolute atomic E-state index is 13.7. The van der Waals surface area contributed by atoms with Gasteiger partial charge in [-0.25, -0.2) is 0 Å². The summed E-state index contributed by atoms with van der Waals surface area (Å²) >= 11 is 0. The molecule has 204 valence electrons. The summed E-state index contributed by atoms with van der Waals surface area (Å²) in [5.74, 6) is -0.457. The van der Waals surface area contributed by atoms with E-state index in [0.29, 0.717) is 60.5 Å². The first-order valence-corrected chi connectivity index (χ1v) is 13.3. The van der Waals surface area contributed by atoms with E-state index in [0.717, 1.165) is 12.1 Å². The van der Waals surface area contributed by atoms with Crippen LogP contribution >= 0.6 is 0 Å². The number of hydrogen-bond acceptors (Lipinski definition) is 5. The molecule has 1 atom stereocenters. The fraction of sp³-hybridized carbons (Fsp3) is 0.387. The number of benzene rings is 1. The van der Waals surface area contributed by atoms with E-state index >= 15 is 0 Å². The van der Waals surface area contributed by atoms with Gasteiger partial charge < -0.3 is 15.1 Å². The van der Waals surface area contributed by atoms with Gasteiger partial charge in [0.1, 0.15) is 6.04 Å². The lowest BCUT2D eigenvalue weighted by Gasteiger charge is -2.27. The molecule has 0 aliphatic carbocycles. The van der Waals surface area contributed by atoms with Gasteiger partial charge in [-0.05, 0) is 60.6 Å². The number of carbonyl (C=O) groups excluding carboxylic acids is 3. The van der Waals surface area contributed by atoms with E-state index in [1.165, 1.54) is 0 Å². The van der Waals surface area contributed by atoms with E-state index in [1.54, 1.807) is 53.4 Å². The highest BCUT2D eigenvalue weighted by Crippen LogP contribution is 2.37. The maximum atomic E-state index is 13.7. The number of allylic oxidation sites excluding steroid dienone is 1. The Morgan fingerprint density at radius 3 is 2.56 bits per heavy atom. The number of nitrogens with zero attached hydrogens (tertiary/aromatic N) is 4. The molecule has 0 bridgehead atoms. The van der Waals surface area contributed by atoms with Crippen LogP contribution in [0, 0.1) is 17.2 Å². The lowest BCUT2D eigenvalue weighted by atomic mass is 9.93. The molecule has 0 saturated heterocycles. The van der Waals surface area contributed by atoms with E-state index in [4.69, 9.17) is 0 Å². The van der Waals surface area contributed by atoms with Crippen molar-refractivity contribution in [3.8, 4) is 6.07 Å². The molecule has 0 fully saturated rings. The molecule has 0 radical (unpaired) electrons. The fourth-order valence-electron chi connectivity index (χ4n) is 4.52. The summed E-state index contributed by atoms with van der Waals surface area (Å²) in [6.07, 6.45) is 5.85. The molecule has 39 heavy (non-hydrogen) atoms. The largest absolute Gasteiger partial charge is 0.345 e. The SMILES string of the molecule is C=CCCC1=C(c2ccc(C#N)cc2)C(C(=O)NCC(=O)N(C)CCc2ccccn2)N(CCC(C)C)C1=O. The van der Waals surface area contributed by atoms with Crippen molar-refractivity contribution in [2.75, 3.05) is 26.7 Å². The average Bonchev–Trinajstić information content (AvgIpc) is 3.23. The number of pyridine rings is 1. The molecule has 1 N–H and O–H groups in total. The number of nitrogens with one attached hydrogen (secondary N) is 1. The first kappa shape index (κ1) is 29.3. The zero-order valence-corrected chi connectivity index (χ0v) is 23.0. The highest BCUT2D eigenvalue weighted by molar-refractivity contribution is 6.14. The van der Waals surface area contributed by atoms with Gasteiger partial charge in [-0.15, -0.1) is 6.58 Å². The quantitative estimate of drug-likeness (QED) is 0.400. The van der Waals surface area contributed by atoms with Crippen LogP contribution in [0.2, 0.25) is 0 Å². The van der Waals surface area contributed by atoms with Crippen molar-refractivity contribution in [3.63, 3.8) is 0 Å². The van der Waals surface area contributed by atoms with E-state index < -0.39 is 11.9 Å². The molecule has 8 heteroatoms. The zero-order valence-electron chi connectivity index (χ0n) is 23.0. The third kappa shape index (κ3) is 7.64. The fourth-order valence-corrected chi connectivity index (χ4v) is 4.52. The lowest BCUT2D eigenvalue weighted by Crippen LogP contribution is -2.49. The number of aromatic nitrogens is 1. The number of hydrogen-bond donors (Lipinski definition) is 1. The van der Waals surface area contributed by atoms with Crippen LogP contribution in [0.25, 0.3) is 5.57 Å². The van der Waals surface area contributed by atoms with Gasteiger partial charge in [0.05, 0.1) is 18.2 Å². The van der Waals surface area contributed by atoms with Gasteiger partial charge in [0.25, 0.3) is 5.91 Å². The molecule has 1 aliphatic heterocycles. The number of rotatable bonds is 13. The first-order chi connectivity index (χ1) is 18.8. The Morgan fingerprint density at radius 2 is 1.95 bits per heavy atom. The van der Waals surface area contributed by atoms with Crippen LogP contribution in [0.3, 0.4) is 0 Å². The van der Waals surface area contributed by atoms with Gasteiger partial charge in [0, 0.05) is 44.0 Å². The zero-order chi connectivity index (χ0) is 28.4. The Bertz CT molecular complexity index is 1250. The van der Waals surface area contributed by atoms with Crippen molar-refractivity contribution in [2.24, 2.45) is 5.92 Å². The van der Waals surface area contributed by atoms with Crippen molar-refractivity contribution in [1.29, 1.82) is 5.26 Å². The van der Waals surface area contributed by atoms with Gasteiger partial charge >= 0.3 is 0 Å². The average molecular weight is 528 g/mol. The Kier molecular flexibility index (Phi) is 10.6. The van der Waals surface area contributed by atoms with Crippen LogP contribution in [-0.2, 0) is 20.8 Å². The molecule has 2 aromatic rings. The molecular weight excluding hydrogens is 490 g/mol. The van der Waals surface area contributed by atoms with Crippen LogP contribution in [-0.4, -0.2) is 65.2 Å². The molecule has 1 unspecified atom stereocenters. The number of nitriles is 1. The van der Waals surface area contributed by atoms with Crippen molar-refractivity contribution in [2.45, 2.75) is 45.6 Å². The van der Waals surface area contributed by atoms with Gasteiger partial charge in [-0.1, -0.05) is 38.1 Å². The minimum absolute atomic E-state index is 0.171. The normalized spacial score (nSPS) is 14.9. The van der Waals surface area contributed by atoms with E-state index in [-0.39, 0.29) is 18.4 Å². The monoisotopic (exact) mass is 527 g/mol. The van der Waals surface area contributed by atoms with Crippen molar-refractivity contribution in [1.82, 2.24) is 20.1 Å². The van der Waals surface area contributed by atoms with Gasteiger partial charge in [0.2, 0.25) is 11.8 Å². The molecule has 0 saturated carbocycles. The van der Waals surface area contributed by atoms with E-state index in [9.17, 15) is 19.6 Å². The van der Waals surface area contributed by atoms with Crippen LogP contribution in [0.1, 0.15) is 49.9 Å². The predicted molar refractivity (Wildman–Crippen MR) is 151 cm³/mol. The summed E-state index contributed by atoms with van der Waals surface area (Å²) in [7, 11) is 1.70. The molecule has 0 spiro atoms. The van der Waals surface area contributed by atoms with Crippen LogP contribution in [0.15, 0.2) is 66.9 Å². The summed E-state index contributed by atoms with van der Waals surface area (Å²) in [4.78, 5) is 47.6. The first-order valence-electron chi connectivity index (χ1n) is 13.3. The third-order valence-corrected chi connectivity index (χ3v) is 6.82. The van der Waals surface area contributed by atoms with Gasteiger partial charge in [0.15, 0.2) is 0 Å². The van der Waals surface area contributed by atoms with Crippen LogP contribution < -0.4 is 5.32 Å². The molecule has 1 aromatic carbocycles. The number of likely N-dealkylation sites (N-methyl/N-ethyl adjacent to an activating group) is 1. The molecule has 3 amide bonds. The highest BCUT2D eigenvalue weighted by atomic mass is 16.2. The topological polar surface area (TPSA) is 106 Å². The van der Waals surface area contributed by atoms with Crippen molar-refractivity contribution in [3.05, 3.63) is 83.7 Å². The number of carbonyl (C=O) groups is 3. The summed E-state index contributed by atoms with van der Waals surface area (Å²) in [6, 6.07) is 13.8. The lowest BCUT2D eigenvalue weighted by molar-refractivity contribution is -0.136. The number of amides is 3. The Hall–Kier alpha value is -4.25. The van der Waals surface area contributed by atoms with Crippen molar-refractivity contribution >= 4 is 23.3 Å². The molecule has 2 heterocycles. The van der Waals surface area contributed by atoms with Gasteiger partial charge in [-0.3, -0.25) is 19.4 Å². The second kappa shape index (κ2) is 14.1. The summed E-state index contributed by atoms with van der Waals surface area (Å²) < 4.78 is 0.